The lowest BCUT2D eigenvalue weighted by Crippen LogP contribution is -2.10. The van der Waals surface area contributed by atoms with Crippen molar-refractivity contribution in [1.82, 2.24) is 4.98 Å². The summed E-state index contributed by atoms with van der Waals surface area (Å²) in [7, 11) is 3.48. The molecular weight excluding hydrogens is 376 g/mol. The number of nitrogens with zero attached hydrogens (tertiary/aromatic N) is 2. The molecule has 0 spiro atoms. The van der Waals surface area contributed by atoms with Gasteiger partial charge >= 0.3 is 5.97 Å². The molecule has 5 heteroatoms. The minimum atomic E-state index is -0.330. The van der Waals surface area contributed by atoms with Crippen molar-refractivity contribution in [3.05, 3.63) is 88.7 Å². The molecule has 154 valence electrons. The maximum Gasteiger partial charge on any atom is 0.338 e. The van der Waals surface area contributed by atoms with Crippen LogP contribution in [0, 0.1) is 6.92 Å². The largest absolute Gasteiger partial charge is 0.465 e. The molecule has 30 heavy (non-hydrogen) atoms. The number of benzene rings is 2. The first-order chi connectivity index (χ1) is 14.6. The lowest BCUT2D eigenvalue weighted by atomic mass is 9.97. The quantitative estimate of drug-likeness (QED) is 0.534. The van der Waals surface area contributed by atoms with E-state index in [1.807, 2.05) is 0 Å². The van der Waals surface area contributed by atoms with E-state index in [1.54, 1.807) is 18.5 Å². The molecule has 4 rings (SSSR count). The number of fused-ring (bicyclic) bond motifs is 1. The highest BCUT2D eigenvalue weighted by molar-refractivity contribution is 5.90. The van der Waals surface area contributed by atoms with Crippen molar-refractivity contribution in [3.63, 3.8) is 0 Å². The van der Waals surface area contributed by atoms with Gasteiger partial charge in [-0.1, -0.05) is 23.8 Å². The number of hydrogen-bond donors (Lipinski definition) is 0. The molecule has 0 N–H and O–H groups in total. The van der Waals surface area contributed by atoms with Gasteiger partial charge < -0.3 is 14.4 Å². The van der Waals surface area contributed by atoms with Crippen LogP contribution in [0.25, 0.3) is 0 Å². The third-order valence-corrected chi connectivity index (χ3v) is 5.71. The summed E-state index contributed by atoms with van der Waals surface area (Å²) in [5.41, 5.74) is 7.44. The van der Waals surface area contributed by atoms with Gasteiger partial charge in [0.05, 0.1) is 25.4 Å². The van der Waals surface area contributed by atoms with Crippen LogP contribution in [0.5, 0.6) is 0 Å². The maximum atomic E-state index is 12.0. The summed E-state index contributed by atoms with van der Waals surface area (Å²) in [6.45, 7) is 2.70. The summed E-state index contributed by atoms with van der Waals surface area (Å²) >= 11 is 0. The number of aromatic nitrogens is 1. The van der Waals surface area contributed by atoms with Crippen LogP contribution in [0.4, 0.5) is 11.4 Å². The highest BCUT2D eigenvalue weighted by Gasteiger charge is 2.24. The van der Waals surface area contributed by atoms with Gasteiger partial charge in [0.1, 0.15) is 0 Å². The van der Waals surface area contributed by atoms with Gasteiger partial charge in [0.25, 0.3) is 0 Å². The molecule has 0 aliphatic carbocycles. The number of hydrogen-bond acceptors (Lipinski definition) is 5. The van der Waals surface area contributed by atoms with Crippen molar-refractivity contribution >= 4 is 17.3 Å². The van der Waals surface area contributed by atoms with E-state index >= 15 is 0 Å². The van der Waals surface area contributed by atoms with Crippen molar-refractivity contribution < 1.29 is 14.3 Å². The average Bonchev–Trinajstić information content (AvgIpc) is 3.19. The van der Waals surface area contributed by atoms with E-state index in [9.17, 15) is 4.79 Å². The predicted octanol–water partition coefficient (Wildman–Crippen LogP) is 5.15. The molecule has 2 aromatic carbocycles. The molecule has 5 nitrogen and oxygen atoms in total. The topological polar surface area (TPSA) is 51.7 Å². The number of esters is 1. The van der Waals surface area contributed by atoms with E-state index in [0.717, 1.165) is 23.4 Å². The molecule has 1 atom stereocenters. The fourth-order valence-electron chi connectivity index (χ4n) is 3.90. The van der Waals surface area contributed by atoms with Crippen LogP contribution in [0.2, 0.25) is 0 Å². The van der Waals surface area contributed by atoms with E-state index in [2.05, 4.69) is 66.3 Å². The molecule has 0 bridgehead atoms. The number of pyridine rings is 1. The zero-order chi connectivity index (χ0) is 21.1. The van der Waals surface area contributed by atoms with Gasteiger partial charge in [-0.2, -0.15) is 0 Å². The number of ether oxygens (including phenoxy) is 2. The molecule has 0 radical (unpaired) electrons. The first kappa shape index (κ1) is 20.1. The third-order valence-electron chi connectivity index (χ3n) is 5.71. The molecule has 1 aliphatic rings. The Morgan fingerprint density at radius 3 is 2.70 bits per heavy atom. The van der Waals surface area contributed by atoms with E-state index in [1.165, 1.54) is 23.8 Å². The second kappa shape index (κ2) is 8.67. The van der Waals surface area contributed by atoms with E-state index < -0.39 is 0 Å². The molecule has 0 saturated carbocycles. The van der Waals surface area contributed by atoms with Crippen molar-refractivity contribution in [2.75, 3.05) is 19.1 Å². The summed E-state index contributed by atoms with van der Waals surface area (Å²) in [6, 6.07) is 16.7. The molecule has 3 aromatic rings. The lowest BCUT2D eigenvalue weighted by Gasteiger charge is -2.21. The Kier molecular flexibility index (Phi) is 5.81. The number of carbonyl (C=O) groups is 1. The Morgan fingerprint density at radius 1 is 1.17 bits per heavy atom. The number of methoxy groups -OCH3 is 1. The molecule has 0 unspecified atom stereocenters. The van der Waals surface area contributed by atoms with Gasteiger partial charge in [0.2, 0.25) is 0 Å². The Labute approximate surface area is 177 Å². The molecule has 1 aromatic heterocycles. The predicted molar refractivity (Wildman–Crippen MR) is 117 cm³/mol. The van der Waals surface area contributed by atoms with Crippen LogP contribution < -0.4 is 4.90 Å². The van der Waals surface area contributed by atoms with Crippen molar-refractivity contribution in [1.29, 1.82) is 0 Å². The first-order valence-corrected chi connectivity index (χ1v) is 10.1. The number of aryl methyl sites for hydroxylation is 2. The van der Waals surface area contributed by atoms with Gasteiger partial charge in [-0.15, -0.1) is 0 Å². The minimum Gasteiger partial charge on any atom is -0.465 e. The van der Waals surface area contributed by atoms with Gasteiger partial charge in [-0.25, -0.2) is 4.79 Å². The van der Waals surface area contributed by atoms with Crippen molar-refractivity contribution in [2.24, 2.45) is 0 Å². The number of carbonyl (C=O) groups excluding carboxylic acids is 1. The summed E-state index contributed by atoms with van der Waals surface area (Å²) in [6.07, 6.45) is 4.86. The average molecular weight is 402 g/mol. The van der Waals surface area contributed by atoms with Crippen LogP contribution in [-0.2, 0) is 22.5 Å². The SMILES string of the molecule is COC(=O)c1ccncc1CC[C@H]1OCc2cc(N(C)c3ccc(C)cc3)ccc21. The second-order valence-electron chi connectivity index (χ2n) is 7.64. The fourth-order valence-corrected chi connectivity index (χ4v) is 3.90. The minimum absolute atomic E-state index is 0.0180. The van der Waals surface area contributed by atoms with Crippen LogP contribution in [0.15, 0.2) is 60.9 Å². The van der Waals surface area contributed by atoms with Gasteiger partial charge in [-0.05, 0) is 66.8 Å². The van der Waals surface area contributed by atoms with Crippen LogP contribution >= 0.6 is 0 Å². The zero-order valence-electron chi connectivity index (χ0n) is 17.6. The van der Waals surface area contributed by atoms with Gasteiger partial charge in [0.15, 0.2) is 0 Å². The van der Waals surface area contributed by atoms with Gasteiger partial charge in [-0.3, -0.25) is 4.98 Å². The molecule has 1 aliphatic heterocycles. The fraction of sp³-hybridized carbons (Fsp3) is 0.280. The lowest BCUT2D eigenvalue weighted by molar-refractivity contribution is 0.0580. The third kappa shape index (κ3) is 4.07. The highest BCUT2D eigenvalue weighted by atomic mass is 16.5. The molecule has 0 saturated heterocycles. The standard InChI is InChI=1S/C25H26N2O3/c1-17-4-7-20(8-5-17)27(2)21-9-10-22-19(14-21)16-30-24(22)11-6-18-15-26-13-12-23(18)25(28)29-3/h4-5,7-10,12-15,24H,6,11,16H2,1-3H3/t24-/m1/s1. The summed E-state index contributed by atoms with van der Waals surface area (Å²) < 4.78 is 11.0. The number of anilines is 2. The monoisotopic (exact) mass is 402 g/mol. The second-order valence-corrected chi connectivity index (χ2v) is 7.64. The van der Waals surface area contributed by atoms with Crippen LogP contribution in [0.3, 0.4) is 0 Å². The highest BCUT2D eigenvalue weighted by Crippen LogP contribution is 2.37. The molecule has 0 amide bonds. The van der Waals surface area contributed by atoms with E-state index in [-0.39, 0.29) is 12.1 Å². The number of rotatable bonds is 6. The smallest absolute Gasteiger partial charge is 0.338 e. The van der Waals surface area contributed by atoms with Gasteiger partial charge in [0, 0.05) is 30.8 Å². The van der Waals surface area contributed by atoms with E-state index in [4.69, 9.17) is 9.47 Å². The summed E-state index contributed by atoms with van der Waals surface area (Å²) in [5, 5.41) is 0. The Bertz CT molecular complexity index is 1050. The van der Waals surface area contributed by atoms with Crippen LogP contribution in [0.1, 0.15) is 45.1 Å². The van der Waals surface area contributed by atoms with Crippen LogP contribution in [-0.4, -0.2) is 25.1 Å². The first-order valence-electron chi connectivity index (χ1n) is 10.1. The zero-order valence-corrected chi connectivity index (χ0v) is 17.6. The molecular formula is C25H26N2O3. The normalized spacial score (nSPS) is 15.0. The Hall–Kier alpha value is -3.18. The Morgan fingerprint density at radius 2 is 1.93 bits per heavy atom. The maximum absolute atomic E-state index is 12.0. The Balaban J connectivity index is 1.48. The summed E-state index contributed by atoms with van der Waals surface area (Å²) in [4.78, 5) is 18.3. The van der Waals surface area contributed by atoms with Crippen molar-refractivity contribution in [2.45, 2.75) is 32.5 Å². The van der Waals surface area contributed by atoms with Crippen molar-refractivity contribution in [3.8, 4) is 0 Å². The molecule has 0 fully saturated rings. The molecule has 2 heterocycles. The van der Waals surface area contributed by atoms with E-state index in [0.29, 0.717) is 18.6 Å². The summed E-state index contributed by atoms with van der Waals surface area (Å²) in [5.74, 6) is -0.330.